The van der Waals surface area contributed by atoms with Gasteiger partial charge in [-0.1, -0.05) is 12.1 Å². The maximum Gasteiger partial charge on any atom is 0.317 e. The highest BCUT2D eigenvalue weighted by molar-refractivity contribution is 5.79. The summed E-state index contributed by atoms with van der Waals surface area (Å²) in [5, 5.41) is 2.72. The number of nitrogens with zero attached hydrogens (tertiary/aromatic N) is 2. The van der Waals surface area contributed by atoms with E-state index in [9.17, 15) is 14.4 Å². The topological polar surface area (TPSA) is 96.9 Å². The number of carbonyl (C=O) groups excluding carboxylic acids is 1. The summed E-state index contributed by atoms with van der Waals surface area (Å²) in [5.41, 5.74) is 0.431. The van der Waals surface area contributed by atoms with Crippen molar-refractivity contribution >= 4 is 16.9 Å². The van der Waals surface area contributed by atoms with Crippen molar-refractivity contribution in [3.63, 3.8) is 0 Å². The van der Waals surface area contributed by atoms with Crippen LogP contribution in [0.3, 0.4) is 0 Å². The van der Waals surface area contributed by atoms with Crippen molar-refractivity contribution in [3.05, 3.63) is 75.1 Å². The Kier molecular flexibility index (Phi) is 4.01. The fraction of sp³-hybridized carbons (Fsp3) is 0.125. The molecule has 1 amide bonds. The highest BCUT2D eigenvalue weighted by atomic mass is 16.2. The van der Waals surface area contributed by atoms with Crippen LogP contribution in [0.15, 0.2) is 58.4 Å². The Morgan fingerprint density at radius 2 is 1.87 bits per heavy atom. The maximum atomic E-state index is 12.1. The molecule has 1 aromatic carbocycles. The number of pyridine rings is 1. The molecule has 7 nitrogen and oxygen atoms in total. The van der Waals surface area contributed by atoms with E-state index >= 15 is 0 Å². The van der Waals surface area contributed by atoms with Crippen LogP contribution in [-0.2, 0) is 17.9 Å². The summed E-state index contributed by atoms with van der Waals surface area (Å²) in [7, 11) is 0. The maximum absolute atomic E-state index is 12.1. The van der Waals surface area contributed by atoms with Gasteiger partial charge in [0.2, 0.25) is 5.91 Å². The lowest BCUT2D eigenvalue weighted by Gasteiger charge is -2.10. The fourth-order valence-electron chi connectivity index (χ4n) is 2.28. The molecular weight excluding hydrogens is 296 g/mol. The lowest BCUT2D eigenvalue weighted by atomic mass is 10.2. The number of rotatable bonds is 4. The Hall–Kier alpha value is -3.22. The average molecular weight is 310 g/mol. The van der Waals surface area contributed by atoms with Crippen LogP contribution in [-0.4, -0.2) is 20.4 Å². The number of aromatic nitrogens is 3. The number of hydrogen-bond acceptors (Lipinski definition) is 4. The molecule has 0 saturated heterocycles. The van der Waals surface area contributed by atoms with Crippen molar-refractivity contribution < 1.29 is 4.79 Å². The predicted octanol–water partition coefficient (Wildman–Crippen LogP) is 0.401. The van der Waals surface area contributed by atoms with Crippen molar-refractivity contribution in [2.45, 2.75) is 13.1 Å². The minimum Gasteiger partial charge on any atom is -0.350 e. The number of fused-ring (bicyclic) bond motifs is 1. The van der Waals surface area contributed by atoms with E-state index in [2.05, 4.69) is 15.3 Å². The smallest absolute Gasteiger partial charge is 0.317 e. The van der Waals surface area contributed by atoms with Gasteiger partial charge in [-0.2, -0.15) is 0 Å². The second-order valence-electron chi connectivity index (χ2n) is 4.99. The van der Waals surface area contributed by atoms with Crippen molar-refractivity contribution in [2.24, 2.45) is 0 Å². The quantitative estimate of drug-likeness (QED) is 0.682. The zero-order chi connectivity index (χ0) is 16.2. The van der Waals surface area contributed by atoms with Crippen LogP contribution in [0.25, 0.3) is 11.0 Å². The molecule has 0 fully saturated rings. The highest BCUT2D eigenvalue weighted by Gasteiger charge is 2.10. The molecule has 0 radical (unpaired) electrons. The van der Waals surface area contributed by atoms with Gasteiger partial charge in [0.1, 0.15) is 6.54 Å². The van der Waals surface area contributed by atoms with Gasteiger partial charge in [-0.05, 0) is 29.8 Å². The third-order valence-electron chi connectivity index (χ3n) is 3.42. The number of para-hydroxylation sites is 2. The SMILES string of the molecule is O=C(Cn1c(=O)c(=O)[nH]c2ccccc21)NCc1ccncc1. The Morgan fingerprint density at radius 3 is 2.65 bits per heavy atom. The van der Waals surface area contributed by atoms with Gasteiger partial charge in [-0.15, -0.1) is 0 Å². The number of aromatic amines is 1. The van der Waals surface area contributed by atoms with Crippen molar-refractivity contribution in [1.29, 1.82) is 0 Å². The van der Waals surface area contributed by atoms with E-state index in [0.29, 0.717) is 17.6 Å². The summed E-state index contributed by atoms with van der Waals surface area (Å²) in [6.07, 6.45) is 3.27. The molecule has 0 bridgehead atoms. The van der Waals surface area contributed by atoms with E-state index in [1.54, 1.807) is 48.8 Å². The Morgan fingerprint density at radius 1 is 1.13 bits per heavy atom. The molecule has 2 aromatic heterocycles. The van der Waals surface area contributed by atoms with Crippen LogP contribution >= 0.6 is 0 Å². The molecule has 0 atom stereocenters. The molecule has 0 aliphatic heterocycles. The van der Waals surface area contributed by atoms with Crippen LogP contribution in [0.4, 0.5) is 0 Å². The standard InChI is InChI=1S/C16H14N4O3/c21-14(18-9-11-5-7-17-8-6-11)10-20-13-4-2-1-3-12(13)19-15(22)16(20)23/h1-8H,9-10H2,(H,18,21)(H,19,22). The van der Waals surface area contributed by atoms with Gasteiger partial charge in [0.15, 0.2) is 0 Å². The van der Waals surface area contributed by atoms with Crippen molar-refractivity contribution in [1.82, 2.24) is 19.9 Å². The third kappa shape index (κ3) is 3.18. The van der Waals surface area contributed by atoms with Crippen LogP contribution < -0.4 is 16.4 Å². The number of amides is 1. The number of nitrogens with one attached hydrogen (secondary N) is 2. The van der Waals surface area contributed by atoms with Gasteiger partial charge in [0.25, 0.3) is 0 Å². The molecule has 2 N–H and O–H groups in total. The summed E-state index contributed by atoms with van der Waals surface area (Å²) in [6, 6.07) is 10.4. The van der Waals surface area contributed by atoms with E-state index < -0.39 is 11.1 Å². The molecule has 3 rings (SSSR count). The summed E-state index contributed by atoms with van der Waals surface area (Å²) in [5.74, 6) is -0.348. The van der Waals surface area contributed by atoms with Crippen LogP contribution in [0, 0.1) is 0 Å². The van der Waals surface area contributed by atoms with E-state index in [-0.39, 0.29) is 12.5 Å². The van der Waals surface area contributed by atoms with E-state index in [1.807, 2.05) is 0 Å². The zero-order valence-electron chi connectivity index (χ0n) is 12.2. The van der Waals surface area contributed by atoms with Gasteiger partial charge in [0, 0.05) is 18.9 Å². The minimum absolute atomic E-state index is 0.214. The van der Waals surface area contributed by atoms with Gasteiger partial charge in [0.05, 0.1) is 11.0 Å². The largest absolute Gasteiger partial charge is 0.350 e. The molecular formula is C16H14N4O3. The fourth-order valence-corrected chi connectivity index (χ4v) is 2.28. The summed E-state index contributed by atoms with van der Waals surface area (Å²) in [6.45, 7) is 0.117. The molecule has 0 aliphatic rings. The van der Waals surface area contributed by atoms with E-state index in [4.69, 9.17) is 0 Å². The average Bonchev–Trinajstić information content (AvgIpc) is 2.58. The van der Waals surface area contributed by atoms with E-state index in [0.717, 1.165) is 5.56 Å². The van der Waals surface area contributed by atoms with Gasteiger partial charge >= 0.3 is 11.1 Å². The first kappa shape index (κ1) is 14.7. The van der Waals surface area contributed by atoms with Gasteiger partial charge < -0.3 is 10.3 Å². The molecule has 7 heteroatoms. The lowest BCUT2D eigenvalue weighted by molar-refractivity contribution is -0.121. The van der Waals surface area contributed by atoms with Crippen LogP contribution in [0.1, 0.15) is 5.56 Å². The van der Waals surface area contributed by atoms with Gasteiger partial charge in [-0.25, -0.2) is 0 Å². The normalized spacial score (nSPS) is 10.6. The second kappa shape index (κ2) is 6.27. The molecule has 0 unspecified atom stereocenters. The summed E-state index contributed by atoms with van der Waals surface area (Å²) in [4.78, 5) is 42.2. The molecule has 0 saturated carbocycles. The molecule has 0 spiro atoms. The molecule has 2 heterocycles. The second-order valence-corrected chi connectivity index (χ2v) is 4.99. The first-order valence-electron chi connectivity index (χ1n) is 7.02. The number of carbonyl (C=O) groups is 1. The molecule has 116 valence electrons. The molecule has 0 aliphatic carbocycles. The first-order valence-corrected chi connectivity index (χ1v) is 7.02. The molecule has 3 aromatic rings. The minimum atomic E-state index is -0.747. The van der Waals surface area contributed by atoms with Crippen LogP contribution in [0.2, 0.25) is 0 Å². The first-order chi connectivity index (χ1) is 11.1. The van der Waals surface area contributed by atoms with Gasteiger partial charge in [-0.3, -0.25) is 23.9 Å². The molecule has 23 heavy (non-hydrogen) atoms. The number of benzene rings is 1. The third-order valence-corrected chi connectivity index (χ3v) is 3.42. The highest BCUT2D eigenvalue weighted by Crippen LogP contribution is 2.06. The lowest BCUT2D eigenvalue weighted by Crippen LogP contribution is -2.40. The zero-order valence-corrected chi connectivity index (χ0v) is 12.2. The van der Waals surface area contributed by atoms with E-state index in [1.165, 1.54) is 4.57 Å². The number of H-pyrrole nitrogens is 1. The monoisotopic (exact) mass is 310 g/mol. The summed E-state index contributed by atoms with van der Waals surface area (Å²) < 4.78 is 1.18. The van der Waals surface area contributed by atoms with Crippen molar-refractivity contribution in [2.75, 3.05) is 0 Å². The summed E-state index contributed by atoms with van der Waals surface area (Å²) >= 11 is 0. The Labute approximate surface area is 130 Å². The number of hydrogen-bond donors (Lipinski definition) is 2. The Bertz CT molecular complexity index is 960. The van der Waals surface area contributed by atoms with Crippen molar-refractivity contribution in [3.8, 4) is 0 Å². The van der Waals surface area contributed by atoms with Crippen LogP contribution in [0.5, 0.6) is 0 Å². The Balaban J connectivity index is 1.84. The predicted molar refractivity (Wildman–Crippen MR) is 84.9 cm³/mol.